The summed E-state index contributed by atoms with van der Waals surface area (Å²) >= 11 is 0. The van der Waals surface area contributed by atoms with Crippen molar-refractivity contribution in [2.24, 2.45) is 0 Å². The number of carbonyl (C=O) groups is 2. The van der Waals surface area contributed by atoms with Gasteiger partial charge in [-0.1, -0.05) is 24.3 Å². The predicted molar refractivity (Wildman–Crippen MR) is 62.7 cm³/mol. The largest absolute Gasteiger partial charge is 0.480 e. The topological polar surface area (TPSA) is 66.4 Å². The van der Waals surface area contributed by atoms with Gasteiger partial charge in [-0.05, 0) is 31.4 Å². The van der Waals surface area contributed by atoms with Gasteiger partial charge in [0.25, 0.3) is 0 Å². The van der Waals surface area contributed by atoms with Crippen LogP contribution in [-0.4, -0.2) is 22.5 Å². The summed E-state index contributed by atoms with van der Waals surface area (Å²) in [4.78, 5) is 22.9. The van der Waals surface area contributed by atoms with E-state index in [0.717, 1.165) is 5.56 Å². The molecule has 1 unspecified atom stereocenters. The summed E-state index contributed by atoms with van der Waals surface area (Å²) in [6, 6.07) is 7.73. The second-order valence-electron chi connectivity index (χ2n) is 4.87. The van der Waals surface area contributed by atoms with Crippen LogP contribution in [0.25, 0.3) is 0 Å². The van der Waals surface area contributed by atoms with Crippen LogP contribution in [0.15, 0.2) is 24.3 Å². The Kier molecular flexibility index (Phi) is 2.65. The molecule has 4 heteroatoms. The zero-order valence-corrected chi connectivity index (χ0v) is 9.86. The van der Waals surface area contributed by atoms with Crippen LogP contribution in [0.4, 0.5) is 0 Å². The summed E-state index contributed by atoms with van der Waals surface area (Å²) < 4.78 is 0. The van der Waals surface area contributed by atoms with Crippen molar-refractivity contribution >= 4 is 11.9 Å². The molecule has 90 valence electrons. The minimum atomic E-state index is -1.22. The van der Waals surface area contributed by atoms with E-state index in [4.69, 9.17) is 5.11 Å². The van der Waals surface area contributed by atoms with Gasteiger partial charge < -0.3 is 10.4 Å². The van der Waals surface area contributed by atoms with E-state index in [1.165, 1.54) is 19.4 Å². The lowest BCUT2D eigenvalue weighted by Crippen LogP contribution is -2.52. The molecular weight excluding hydrogens is 218 g/mol. The molecule has 1 aliphatic rings. The van der Waals surface area contributed by atoms with Gasteiger partial charge in [0, 0.05) is 0 Å². The predicted octanol–water partition coefficient (Wildman–Crippen LogP) is 1.31. The molecule has 0 saturated heterocycles. The van der Waals surface area contributed by atoms with Crippen molar-refractivity contribution in [3.63, 3.8) is 0 Å². The maximum atomic E-state index is 11.9. The molecule has 0 spiro atoms. The van der Waals surface area contributed by atoms with Crippen LogP contribution in [0, 0.1) is 0 Å². The molecule has 0 bridgehead atoms. The Labute approximate surface area is 99.6 Å². The first-order valence-electron chi connectivity index (χ1n) is 5.55. The van der Waals surface area contributed by atoms with Gasteiger partial charge in [-0.15, -0.1) is 0 Å². The number of benzene rings is 1. The average Bonchev–Trinajstić information content (AvgIpc) is 2.18. The number of fused-ring (bicyclic) bond motifs is 1. The zero-order chi connectivity index (χ0) is 12.6. The SMILES string of the molecule is CC(C)(NC(=O)C1Cc2ccccc21)C(=O)O. The van der Waals surface area contributed by atoms with E-state index < -0.39 is 11.5 Å². The van der Waals surface area contributed by atoms with E-state index in [9.17, 15) is 9.59 Å². The van der Waals surface area contributed by atoms with Crippen LogP contribution < -0.4 is 5.32 Å². The highest BCUT2D eigenvalue weighted by Gasteiger charge is 2.36. The van der Waals surface area contributed by atoms with Crippen molar-refractivity contribution in [3.05, 3.63) is 35.4 Å². The van der Waals surface area contributed by atoms with Crippen LogP contribution in [0.5, 0.6) is 0 Å². The van der Waals surface area contributed by atoms with Gasteiger partial charge in [-0.2, -0.15) is 0 Å². The van der Waals surface area contributed by atoms with Crippen molar-refractivity contribution < 1.29 is 14.7 Å². The Balaban J connectivity index is 2.08. The standard InChI is InChI=1S/C13H15NO3/c1-13(2,12(16)17)14-11(15)10-7-8-5-3-4-6-9(8)10/h3-6,10H,7H2,1-2H3,(H,14,15)(H,16,17). The number of rotatable bonds is 3. The molecule has 4 nitrogen and oxygen atoms in total. The summed E-state index contributed by atoms with van der Waals surface area (Å²) in [5.41, 5.74) is 0.953. The van der Waals surface area contributed by atoms with Gasteiger partial charge in [0.05, 0.1) is 5.92 Å². The highest BCUT2D eigenvalue weighted by molar-refractivity contribution is 5.91. The average molecular weight is 233 g/mol. The molecule has 1 aromatic carbocycles. The van der Waals surface area contributed by atoms with Crippen molar-refractivity contribution in [1.82, 2.24) is 5.32 Å². The summed E-state index contributed by atoms with van der Waals surface area (Å²) in [6.45, 7) is 2.97. The fourth-order valence-electron chi connectivity index (χ4n) is 1.94. The molecule has 0 saturated carbocycles. The monoisotopic (exact) mass is 233 g/mol. The molecule has 1 atom stereocenters. The minimum Gasteiger partial charge on any atom is -0.480 e. The number of hydrogen-bond donors (Lipinski definition) is 2. The number of carbonyl (C=O) groups excluding carboxylic acids is 1. The minimum absolute atomic E-state index is 0.204. The summed E-state index contributed by atoms with van der Waals surface area (Å²) in [7, 11) is 0. The number of carboxylic acid groups (broad SMARTS) is 1. The van der Waals surface area contributed by atoms with Crippen molar-refractivity contribution in [2.75, 3.05) is 0 Å². The molecule has 17 heavy (non-hydrogen) atoms. The molecule has 2 N–H and O–H groups in total. The summed E-state index contributed by atoms with van der Waals surface area (Å²) in [6.07, 6.45) is 0.692. The van der Waals surface area contributed by atoms with Gasteiger partial charge in [-0.3, -0.25) is 4.79 Å². The van der Waals surface area contributed by atoms with Gasteiger partial charge in [-0.25, -0.2) is 4.79 Å². The molecule has 0 heterocycles. The normalized spacial score (nSPS) is 17.9. The summed E-state index contributed by atoms with van der Waals surface area (Å²) in [5.74, 6) is -1.45. The first kappa shape index (κ1) is 11.6. The Morgan fingerprint density at radius 3 is 2.59 bits per heavy atom. The lowest BCUT2D eigenvalue weighted by molar-refractivity contribution is -0.146. The molecule has 0 fully saturated rings. The fraction of sp³-hybridized carbons (Fsp3) is 0.385. The molecule has 0 radical (unpaired) electrons. The first-order chi connectivity index (χ1) is 7.92. The number of aliphatic carboxylic acids is 1. The van der Waals surface area contributed by atoms with E-state index in [0.29, 0.717) is 6.42 Å². The molecular formula is C13H15NO3. The molecule has 0 aliphatic heterocycles. The maximum absolute atomic E-state index is 11.9. The van der Waals surface area contributed by atoms with Crippen molar-refractivity contribution in [3.8, 4) is 0 Å². The lowest BCUT2D eigenvalue weighted by Gasteiger charge is -2.31. The van der Waals surface area contributed by atoms with Crippen molar-refractivity contribution in [1.29, 1.82) is 0 Å². The third kappa shape index (κ3) is 2.02. The van der Waals surface area contributed by atoms with Crippen LogP contribution in [0.1, 0.15) is 30.9 Å². The summed E-state index contributed by atoms with van der Waals surface area (Å²) in [5, 5.41) is 11.5. The molecule has 1 amide bonds. The van der Waals surface area contributed by atoms with Crippen LogP contribution in [0.3, 0.4) is 0 Å². The van der Waals surface area contributed by atoms with E-state index in [1.807, 2.05) is 24.3 Å². The van der Waals surface area contributed by atoms with E-state index in [1.54, 1.807) is 0 Å². The maximum Gasteiger partial charge on any atom is 0.328 e. The van der Waals surface area contributed by atoms with E-state index >= 15 is 0 Å². The van der Waals surface area contributed by atoms with E-state index in [2.05, 4.69) is 5.32 Å². The number of amides is 1. The Morgan fingerprint density at radius 1 is 1.35 bits per heavy atom. The number of nitrogens with one attached hydrogen (secondary N) is 1. The number of hydrogen-bond acceptors (Lipinski definition) is 2. The Hall–Kier alpha value is -1.84. The highest BCUT2D eigenvalue weighted by atomic mass is 16.4. The third-order valence-corrected chi connectivity index (χ3v) is 3.14. The van der Waals surface area contributed by atoms with Crippen molar-refractivity contribution in [2.45, 2.75) is 31.7 Å². The van der Waals surface area contributed by atoms with Crippen LogP contribution in [0.2, 0.25) is 0 Å². The Morgan fingerprint density at radius 2 is 2.00 bits per heavy atom. The fourth-order valence-corrected chi connectivity index (χ4v) is 1.94. The molecule has 1 aromatic rings. The second-order valence-corrected chi connectivity index (χ2v) is 4.87. The number of carboxylic acids is 1. The van der Waals surface area contributed by atoms with Gasteiger partial charge >= 0.3 is 5.97 Å². The lowest BCUT2D eigenvalue weighted by atomic mass is 9.77. The molecule has 2 rings (SSSR count). The highest BCUT2D eigenvalue weighted by Crippen LogP contribution is 2.35. The van der Waals surface area contributed by atoms with Gasteiger partial charge in [0.15, 0.2) is 0 Å². The molecule has 1 aliphatic carbocycles. The first-order valence-corrected chi connectivity index (χ1v) is 5.55. The molecule has 0 aromatic heterocycles. The van der Waals surface area contributed by atoms with Gasteiger partial charge in [0.2, 0.25) is 5.91 Å². The quantitative estimate of drug-likeness (QED) is 0.827. The third-order valence-electron chi connectivity index (χ3n) is 3.14. The second kappa shape index (κ2) is 3.87. The van der Waals surface area contributed by atoms with Crippen LogP contribution >= 0.6 is 0 Å². The van der Waals surface area contributed by atoms with E-state index in [-0.39, 0.29) is 11.8 Å². The smallest absolute Gasteiger partial charge is 0.328 e. The van der Waals surface area contributed by atoms with Crippen LogP contribution in [-0.2, 0) is 16.0 Å². The van der Waals surface area contributed by atoms with Gasteiger partial charge in [0.1, 0.15) is 5.54 Å². The zero-order valence-electron chi connectivity index (χ0n) is 9.86. The Bertz CT molecular complexity index is 479.